The van der Waals surface area contributed by atoms with Gasteiger partial charge in [-0.25, -0.2) is 4.39 Å². The number of aliphatic imine (C=N–C) groups is 1. The molecule has 0 fully saturated rings. The van der Waals surface area contributed by atoms with Gasteiger partial charge in [-0.05, 0) is 47.9 Å². The monoisotopic (exact) mass is 295 g/mol. The Kier molecular flexibility index (Phi) is 3.15. The maximum Gasteiger partial charge on any atom is 0.231 e. The highest BCUT2D eigenvalue weighted by molar-refractivity contribution is 6.12. The van der Waals surface area contributed by atoms with Gasteiger partial charge in [0.15, 0.2) is 11.5 Å². The van der Waals surface area contributed by atoms with Gasteiger partial charge in [0.1, 0.15) is 5.82 Å². The first-order valence-corrected chi connectivity index (χ1v) is 7.20. The first kappa shape index (κ1) is 13.1. The second-order valence-electron chi connectivity index (χ2n) is 5.26. The van der Waals surface area contributed by atoms with Gasteiger partial charge < -0.3 is 9.47 Å². The van der Waals surface area contributed by atoms with Crippen LogP contribution in [0.4, 0.5) is 4.39 Å². The zero-order valence-electron chi connectivity index (χ0n) is 11.9. The zero-order valence-corrected chi connectivity index (χ0v) is 11.9. The van der Waals surface area contributed by atoms with Crippen LogP contribution in [0, 0.1) is 5.82 Å². The number of rotatable bonds is 2. The highest BCUT2D eigenvalue weighted by Crippen LogP contribution is 2.36. The molecule has 0 amide bonds. The van der Waals surface area contributed by atoms with Gasteiger partial charge in [0.05, 0.1) is 5.71 Å². The Hall–Kier alpha value is -2.62. The van der Waals surface area contributed by atoms with E-state index in [1.807, 2.05) is 24.3 Å². The van der Waals surface area contributed by atoms with E-state index in [-0.39, 0.29) is 12.6 Å². The van der Waals surface area contributed by atoms with Gasteiger partial charge in [0.2, 0.25) is 6.79 Å². The van der Waals surface area contributed by atoms with Gasteiger partial charge in [-0.1, -0.05) is 18.2 Å². The molecule has 0 aliphatic carbocycles. The van der Waals surface area contributed by atoms with Gasteiger partial charge in [-0.15, -0.1) is 0 Å². The van der Waals surface area contributed by atoms with Crippen LogP contribution < -0.4 is 9.47 Å². The van der Waals surface area contributed by atoms with Crippen molar-refractivity contribution in [2.75, 3.05) is 13.3 Å². The summed E-state index contributed by atoms with van der Waals surface area (Å²) in [5, 5.41) is 0. The molecular formula is C18H14FNO2. The third-order valence-electron chi connectivity index (χ3n) is 3.84. The lowest BCUT2D eigenvalue weighted by atomic mass is 9.96. The molecule has 2 aromatic carbocycles. The summed E-state index contributed by atoms with van der Waals surface area (Å²) in [6.07, 6.45) is 4.81. The van der Waals surface area contributed by atoms with Crippen LogP contribution in [-0.4, -0.2) is 19.0 Å². The Morgan fingerprint density at radius 1 is 1.00 bits per heavy atom. The molecule has 4 rings (SSSR count). The van der Waals surface area contributed by atoms with Gasteiger partial charge in [0, 0.05) is 12.1 Å². The summed E-state index contributed by atoms with van der Waals surface area (Å²) in [5.41, 5.74) is 4.16. The van der Waals surface area contributed by atoms with Crippen LogP contribution in [0.1, 0.15) is 16.7 Å². The molecule has 0 N–H and O–H groups in total. The van der Waals surface area contributed by atoms with E-state index in [9.17, 15) is 4.39 Å². The largest absolute Gasteiger partial charge is 0.454 e. The van der Waals surface area contributed by atoms with Crippen molar-refractivity contribution in [3.8, 4) is 11.5 Å². The average Bonchev–Trinajstić information content (AvgIpc) is 2.99. The number of benzene rings is 2. The molecule has 2 aromatic rings. The topological polar surface area (TPSA) is 30.8 Å². The lowest BCUT2D eigenvalue weighted by Crippen LogP contribution is -2.10. The van der Waals surface area contributed by atoms with Crippen LogP contribution in [0.3, 0.4) is 0 Å². The minimum atomic E-state index is -0.231. The fraction of sp³-hybridized carbons (Fsp3) is 0.167. The zero-order chi connectivity index (χ0) is 14.9. The van der Waals surface area contributed by atoms with Crippen molar-refractivity contribution in [1.82, 2.24) is 0 Å². The fourth-order valence-corrected chi connectivity index (χ4v) is 2.70. The number of hydrogen-bond donors (Lipinski definition) is 0. The van der Waals surface area contributed by atoms with Crippen LogP contribution in [0.5, 0.6) is 11.5 Å². The van der Waals surface area contributed by atoms with Gasteiger partial charge >= 0.3 is 0 Å². The molecule has 0 atom stereocenters. The summed E-state index contributed by atoms with van der Waals surface area (Å²) in [6, 6.07) is 10.4. The van der Waals surface area contributed by atoms with Crippen molar-refractivity contribution in [1.29, 1.82) is 0 Å². The van der Waals surface area contributed by atoms with E-state index < -0.39 is 0 Å². The Morgan fingerprint density at radius 2 is 1.77 bits per heavy atom. The van der Waals surface area contributed by atoms with Crippen molar-refractivity contribution < 1.29 is 13.9 Å². The van der Waals surface area contributed by atoms with Crippen molar-refractivity contribution in [3.63, 3.8) is 0 Å². The molecule has 110 valence electrons. The maximum absolute atomic E-state index is 12.9. The van der Waals surface area contributed by atoms with Crippen molar-refractivity contribution in [2.24, 2.45) is 4.99 Å². The summed E-state index contributed by atoms with van der Waals surface area (Å²) in [7, 11) is 0. The van der Waals surface area contributed by atoms with E-state index in [1.165, 1.54) is 17.7 Å². The molecule has 0 saturated heterocycles. The Bertz CT molecular complexity index is 778. The van der Waals surface area contributed by atoms with Gasteiger partial charge in [0.25, 0.3) is 0 Å². The van der Waals surface area contributed by atoms with E-state index in [0.29, 0.717) is 0 Å². The fourth-order valence-electron chi connectivity index (χ4n) is 2.70. The number of fused-ring (bicyclic) bond motifs is 2. The lowest BCUT2D eigenvalue weighted by molar-refractivity contribution is 0.174. The molecule has 0 radical (unpaired) electrons. The van der Waals surface area contributed by atoms with Crippen LogP contribution in [0.15, 0.2) is 47.5 Å². The first-order chi connectivity index (χ1) is 10.8. The number of allylic oxidation sites excluding steroid dienone is 1. The molecule has 22 heavy (non-hydrogen) atoms. The van der Waals surface area contributed by atoms with E-state index in [1.54, 1.807) is 12.1 Å². The highest BCUT2D eigenvalue weighted by atomic mass is 19.1. The van der Waals surface area contributed by atoms with Crippen LogP contribution >= 0.6 is 0 Å². The average molecular weight is 295 g/mol. The van der Waals surface area contributed by atoms with Gasteiger partial charge in [-0.2, -0.15) is 0 Å². The Labute approximate surface area is 127 Å². The first-order valence-electron chi connectivity index (χ1n) is 7.20. The van der Waals surface area contributed by atoms with E-state index in [4.69, 9.17) is 9.47 Å². The minimum Gasteiger partial charge on any atom is -0.454 e. The van der Waals surface area contributed by atoms with Crippen molar-refractivity contribution in [3.05, 3.63) is 65.0 Å². The molecule has 2 aliphatic rings. The molecule has 2 aliphatic heterocycles. The maximum atomic E-state index is 12.9. The molecule has 0 saturated carbocycles. The minimum absolute atomic E-state index is 0.231. The number of nitrogens with zero attached hydrogens (tertiary/aromatic N) is 1. The molecule has 2 heterocycles. The van der Waals surface area contributed by atoms with E-state index >= 15 is 0 Å². The number of ether oxygens (including phenoxy) is 2. The van der Waals surface area contributed by atoms with Crippen molar-refractivity contribution in [2.45, 2.75) is 6.42 Å². The Balaban J connectivity index is 1.66. The third kappa shape index (κ3) is 2.37. The SMILES string of the molecule is Fc1ccc(/C=C/C2=NCCc3cc4c(cc32)OCO4)cc1. The summed E-state index contributed by atoms with van der Waals surface area (Å²) >= 11 is 0. The predicted octanol–water partition coefficient (Wildman–Crippen LogP) is 3.61. The summed E-state index contributed by atoms with van der Waals surface area (Å²) in [5.74, 6) is 1.34. The summed E-state index contributed by atoms with van der Waals surface area (Å²) in [6.45, 7) is 1.03. The summed E-state index contributed by atoms with van der Waals surface area (Å²) < 4.78 is 23.8. The smallest absolute Gasteiger partial charge is 0.231 e. The second kappa shape index (κ2) is 5.30. The quantitative estimate of drug-likeness (QED) is 0.847. The predicted molar refractivity (Wildman–Crippen MR) is 83.1 cm³/mol. The molecule has 3 nitrogen and oxygen atoms in total. The molecule has 0 spiro atoms. The Morgan fingerprint density at radius 3 is 2.59 bits per heavy atom. The molecule has 0 bridgehead atoms. The number of hydrogen-bond acceptors (Lipinski definition) is 3. The molecule has 0 unspecified atom stereocenters. The highest BCUT2D eigenvalue weighted by Gasteiger charge is 2.20. The summed E-state index contributed by atoms with van der Waals surface area (Å²) in [4.78, 5) is 4.59. The third-order valence-corrected chi connectivity index (χ3v) is 3.84. The molecular weight excluding hydrogens is 281 g/mol. The van der Waals surface area contributed by atoms with E-state index in [0.717, 1.165) is 41.3 Å². The van der Waals surface area contributed by atoms with Crippen molar-refractivity contribution >= 4 is 11.8 Å². The second-order valence-corrected chi connectivity index (χ2v) is 5.26. The van der Waals surface area contributed by atoms with E-state index in [2.05, 4.69) is 4.99 Å². The molecule has 4 heteroatoms. The molecule has 0 aromatic heterocycles. The lowest BCUT2D eigenvalue weighted by Gasteiger charge is -2.15. The van der Waals surface area contributed by atoms with Crippen LogP contribution in [0.2, 0.25) is 0 Å². The van der Waals surface area contributed by atoms with Gasteiger partial charge in [-0.3, -0.25) is 4.99 Å². The van der Waals surface area contributed by atoms with Crippen LogP contribution in [0.25, 0.3) is 6.08 Å². The standard InChI is InChI=1S/C18H14FNO2/c19-14-4-1-12(2-5-14)3-6-16-15-10-18-17(21-11-22-18)9-13(15)7-8-20-16/h1-6,9-10H,7-8,11H2/b6-3+. The van der Waals surface area contributed by atoms with Crippen LogP contribution in [-0.2, 0) is 6.42 Å². The normalized spacial score (nSPS) is 15.8. The number of halogens is 1.